The zero-order chi connectivity index (χ0) is 19.8. The molecule has 3 aromatic rings. The molecule has 0 bridgehead atoms. The average molecular weight is 449 g/mol. The van der Waals surface area contributed by atoms with Crippen LogP contribution in [0.3, 0.4) is 0 Å². The van der Waals surface area contributed by atoms with E-state index in [1.165, 1.54) is 24.1 Å². The molecule has 0 saturated heterocycles. The van der Waals surface area contributed by atoms with Crippen molar-refractivity contribution >= 4 is 45.7 Å². The Hall–Kier alpha value is -1.22. The fourth-order valence-corrected chi connectivity index (χ4v) is 6.45. The largest absolute Gasteiger partial charge is 0.496 e. The summed E-state index contributed by atoms with van der Waals surface area (Å²) in [5, 5.41) is 0. The van der Waals surface area contributed by atoms with E-state index in [2.05, 4.69) is 30.3 Å². The van der Waals surface area contributed by atoms with Crippen LogP contribution in [0, 0.1) is 0 Å². The summed E-state index contributed by atoms with van der Waals surface area (Å²) in [5.74, 6) is 0.851. The Kier molecular flexibility index (Phi) is 8.51. The summed E-state index contributed by atoms with van der Waals surface area (Å²) in [5.41, 5.74) is 2.24. The number of rotatable bonds is 9. The molecular formula is C21H20O3S4. The highest BCUT2D eigenvalue weighted by atomic mass is 33.1. The summed E-state index contributed by atoms with van der Waals surface area (Å²) in [4.78, 5) is 4.39. The van der Waals surface area contributed by atoms with E-state index in [-0.39, 0.29) is 0 Å². The van der Waals surface area contributed by atoms with Crippen LogP contribution in [0.15, 0.2) is 86.3 Å². The fraction of sp³-hybridized carbons (Fsp3) is 0.143. The van der Waals surface area contributed by atoms with Crippen LogP contribution in [-0.4, -0.2) is 21.3 Å². The number of methoxy groups -OCH3 is 1. The lowest BCUT2D eigenvalue weighted by Gasteiger charge is -2.16. The van der Waals surface area contributed by atoms with Gasteiger partial charge < -0.3 is 13.1 Å². The van der Waals surface area contributed by atoms with Gasteiger partial charge in [0.05, 0.1) is 26.2 Å². The Morgan fingerprint density at radius 2 is 1.18 bits per heavy atom. The molecule has 0 heterocycles. The van der Waals surface area contributed by atoms with Crippen LogP contribution in [0.2, 0.25) is 0 Å². The molecule has 0 amide bonds. The van der Waals surface area contributed by atoms with Crippen molar-refractivity contribution in [2.45, 2.75) is 19.6 Å². The van der Waals surface area contributed by atoms with Crippen molar-refractivity contribution in [2.24, 2.45) is 0 Å². The van der Waals surface area contributed by atoms with Gasteiger partial charge in [-0.1, -0.05) is 53.3 Å². The highest BCUT2D eigenvalue weighted by Gasteiger charge is 2.16. The van der Waals surface area contributed by atoms with Crippen LogP contribution in [0.4, 0.5) is 0 Å². The number of ether oxygens (including phenoxy) is 1. The van der Waals surface area contributed by atoms with E-state index in [9.17, 15) is 0 Å². The van der Waals surface area contributed by atoms with E-state index in [1.807, 2.05) is 36.4 Å². The molecule has 0 aliphatic rings. The van der Waals surface area contributed by atoms with Crippen molar-refractivity contribution in [1.29, 1.82) is 0 Å². The van der Waals surface area contributed by atoms with E-state index in [4.69, 9.17) is 13.1 Å². The van der Waals surface area contributed by atoms with Gasteiger partial charge in [0.1, 0.15) is 5.75 Å². The van der Waals surface area contributed by atoms with Gasteiger partial charge in [0.25, 0.3) is 0 Å². The summed E-state index contributed by atoms with van der Waals surface area (Å²) < 4.78 is 16.2. The molecule has 0 radical (unpaired) electrons. The molecule has 3 rings (SSSR count). The molecule has 0 aliphatic heterocycles. The van der Waals surface area contributed by atoms with Gasteiger partial charge in [-0.25, -0.2) is 0 Å². The zero-order valence-electron chi connectivity index (χ0n) is 15.7. The summed E-state index contributed by atoms with van der Waals surface area (Å²) in [7, 11) is 8.45. The molecular weight excluding hydrogens is 428 g/mol. The molecule has 0 atom stereocenters. The lowest BCUT2D eigenvalue weighted by atomic mass is 10.1. The van der Waals surface area contributed by atoms with Gasteiger partial charge in [0.2, 0.25) is 0 Å². The summed E-state index contributed by atoms with van der Waals surface area (Å²) in [6.45, 7) is 0. The minimum absolute atomic E-state index is 0.851. The van der Waals surface area contributed by atoms with Gasteiger partial charge in [-0.15, -0.1) is 0 Å². The minimum atomic E-state index is 0.851. The normalized spacial score (nSPS) is 10.8. The lowest BCUT2D eigenvalue weighted by Crippen LogP contribution is -1.90. The van der Waals surface area contributed by atoms with Gasteiger partial charge in [0.15, 0.2) is 0 Å². The summed E-state index contributed by atoms with van der Waals surface area (Å²) >= 11 is 2.74. The zero-order valence-corrected chi connectivity index (χ0v) is 19.0. The Morgan fingerprint density at radius 3 is 1.89 bits per heavy atom. The van der Waals surface area contributed by atoms with Gasteiger partial charge in [0, 0.05) is 44.3 Å². The highest BCUT2D eigenvalue weighted by Crippen LogP contribution is 2.49. The fourth-order valence-electron chi connectivity index (χ4n) is 2.59. The highest BCUT2D eigenvalue weighted by molar-refractivity contribution is 8.76. The van der Waals surface area contributed by atoms with Crippen LogP contribution in [0.25, 0.3) is 11.1 Å². The van der Waals surface area contributed by atoms with E-state index in [0.717, 1.165) is 36.5 Å². The first-order valence-electron chi connectivity index (χ1n) is 8.39. The second-order valence-corrected chi connectivity index (χ2v) is 9.51. The molecule has 0 aromatic heterocycles. The molecule has 146 valence electrons. The molecule has 3 aromatic carbocycles. The van der Waals surface area contributed by atoms with Crippen molar-refractivity contribution in [1.82, 2.24) is 0 Å². The van der Waals surface area contributed by atoms with Crippen LogP contribution in [-0.2, 0) is 8.37 Å². The molecule has 0 saturated carbocycles. The van der Waals surface area contributed by atoms with E-state index < -0.39 is 0 Å². The van der Waals surface area contributed by atoms with Gasteiger partial charge in [-0.3, -0.25) is 0 Å². The molecule has 28 heavy (non-hydrogen) atoms. The molecule has 0 fully saturated rings. The summed E-state index contributed by atoms with van der Waals surface area (Å²) in [6, 6.07) is 22.6. The average Bonchev–Trinajstić information content (AvgIpc) is 2.74. The monoisotopic (exact) mass is 448 g/mol. The second kappa shape index (κ2) is 11.1. The first-order valence-corrected chi connectivity index (χ1v) is 12.0. The SMILES string of the molecule is COSc1ccccc1SSc1c(OC)cccc1-c1ccccc1SOC. The molecule has 0 spiro atoms. The maximum absolute atomic E-state index is 5.67. The van der Waals surface area contributed by atoms with E-state index in [1.54, 1.807) is 42.9 Å². The minimum Gasteiger partial charge on any atom is -0.496 e. The Balaban J connectivity index is 1.98. The van der Waals surface area contributed by atoms with Gasteiger partial charge in [-0.05, 0) is 40.6 Å². The third kappa shape index (κ3) is 5.23. The Morgan fingerprint density at radius 1 is 0.571 bits per heavy atom. The molecule has 7 heteroatoms. The van der Waals surface area contributed by atoms with Crippen molar-refractivity contribution in [3.05, 3.63) is 66.7 Å². The predicted octanol–water partition coefficient (Wildman–Crippen LogP) is 7.47. The third-order valence-electron chi connectivity index (χ3n) is 3.79. The maximum Gasteiger partial charge on any atom is 0.133 e. The van der Waals surface area contributed by atoms with Crippen LogP contribution in [0.5, 0.6) is 5.75 Å². The van der Waals surface area contributed by atoms with Gasteiger partial charge in [-0.2, -0.15) is 0 Å². The van der Waals surface area contributed by atoms with E-state index >= 15 is 0 Å². The molecule has 0 N–H and O–H groups in total. The standard InChI is InChI=1S/C21H20O3S4/c1-22-17-11-8-10-16(15-9-4-5-12-18(15)25-23-2)21(17)28-27-20-14-7-6-13-19(20)26-24-3/h4-14H,1-3H3. The smallest absolute Gasteiger partial charge is 0.133 e. The quantitative estimate of drug-likeness (QED) is 0.247. The Bertz CT molecular complexity index is 918. The topological polar surface area (TPSA) is 27.7 Å². The van der Waals surface area contributed by atoms with Crippen molar-refractivity contribution in [3.8, 4) is 16.9 Å². The second-order valence-electron chi connectivity index (χ2n) is 5.45. The molecule has 0 aliphatic carbocycles. The van der Waals surface area contributed by atoms with Crippen molar-refractivity contribution < 1.29 is 13.1 Å². The predicted molar refractivity (Wildman–Crippen MR) is 122 cm³/mol. The maximum atomic E-state index is 5.67. The lowest BCUT2D eigenvalue weighted by molar-refractivity contribution is 0.405. The number of benzene rings is 3. The summed E-state index contributed by atoms with van der Waals surface area (Å²) in [6.07, 6.45) is 0. The molecule has 0 unspecified atom stereocenters. The van der Waals surface area contributed by atoms with E-state index in [0.29, 0.717) is 0 Å². The Labute approximate surface area is 182 Å². The molecule has 3 nitrogen and oxygen atoms in total. The third-order valence-corrected chi connectivity index (χ3v) is 7.82. The number of hydrogen-bond donors (Lipinski definition) is 0. The first-order chi connectivity index (χ1) is 13.8. The first kappa shape index (κ1) is 21.5. The van der Waals surface area contributed by atoms with Gasteiger partial charge >= 0.3 is 0 Å². The van der Waals surface area contributed by atoms with Crippen LogP contribution in [0.1, 0.15) is 0 Å². The van der Waals surface area contributed by atoms with Crippen molar-refractivity contribution in [2.75, 3.05) is 21.3 Å². The van der Waals surface area contributed by atoms with Crippen molar-refractivity contribution in [3.63, 3.8) is 0 Å². The number of hydrogen-bond acceptors (Lipinski definition) is 7. The van der Waals surface area contributed by atoms with Crippen LogP contribution >= 0.6 is 45.7 Å². The van der Waals surface area contributed by atoms with Crippen LogP contribution < -0.4 is 4.74 Å².